The van der Waals surface area contributed by atoms with Crippen molar-refractivity contribution >= 4 is 43.7 Å². The number of nitrogens with zero attached hydrogens (tertiary/aromatic N) is 5. The number of pyridine rings is 1. The van der Waals surface area contributed by atoms with Crippen LogP contribution in [0.15, 0.2) is 67.1 Å². The number of nitrogens with one attached hydrogen (secondary N) is 2. The van der Waals surface area contributed by atoms with Crippen molar-refractivity contribution in [3.8, 4) is 22.5 Å². The third kappa shape index (κ3) is 3.54. The highest BCUT2D eigenvalue weighted by Gasteiger charge is 2.17. The van der Waals surface area contributed by atoms with Gasteiger partial charge in [0, 0.05) is 51.5 Å². The van der Waals surface area contributed by atoms with Crippen LogP contribution < -0.4 is 0 Å². The predicted octanol–water partition coefficient (Wildman–Crippen LogP) is 7.51. The second kappa shape index (κ2) is 8.45. The van der Waals surface area contributed by atoms with E-state index in [0.717, 1.165) is 77.9 Å². The summed E-state index contributed by atoms with van der Waals surface area (Å²) in [6.45, 7) is 8.55. The first kappa shape index (κ1) is 22.5. The molecule has 0 spiro atoms. The maximum atomic E-state index is 5.01. The Labute approximate surface area is 219 Å². The molecule has 0 atom stereocenters. The fourth-order valence-corrected chi connectivity index (χ4v) is 5.09. The van der Waals surface area contributed by atoms with Crippen molar-refractivity contribution < 1.29 is 0 Å². The molecule has 0 bridgehead atoms. The smallest absolute Gasteiger partial charge is 0.115 e. The Morgan fingerprint density at radius 3 is 2.21 bits per heavy atom. The number of hydrogen-bond acceptors (Lipinski definition) is 5. The molecule has 0 saturated heterocycles. The van der Waals surface area contributed by atoms with Crippen LogP contribution in [0.1, 0.15) is 51.2 Å². The average Bonchev–Trinajstić information content (AvgIpc) is 3.61. The predicted molar refractivity (Wildman–Crippen MR) is 153 cm³/mol. The van der Waals surface area contributed by atoms with Crippen LogP contribution in [0.2, 0.25) is 0 Å². The van der Waals surface area contributed by atoms with Gasteiger partial charge < -0.3 is 9.97 Å². The monoisotopic (exact) mass is 497 g/mol. The van der Waals surface area contributed by atoms with Crippen molar-refractivity contribution in [2.45, 2.75) is 39.5 Å². The summed E-state index contributed by atoms with van der Waals surface area (Å²) < 4.78 is 0. The number of H-pyrrole nitrogens is 2. The molecule has 2 N–H and O–H groups in total. The molecule has 0 fully saturated rings. The number of imidazole rings is 2. The van der Waals surface area contributed by atoms with Gasteiger partial charge in [-0.05, 0) is 24.3 Å². The maximum Gasteiger partial charge on any atom is 0.115 e. The van der Waals surface area contributed by atoms with E-state index < -0.39 is 0 Å². The summed E-state index contributed by atoms with van der Waals surface area (Å²) >= 11 is 0. The average molecular weight is 498 g/mol. The van der Waals surface area contributed by atoms with Crippen LogP contribution in [0.4, 0.5) is 0 Å². The molecule has 7 heteroatoms. The minimum atomic E-state index is 0.288. The highest BCUT2D eigenvalue weighted by molar-refractivity contribution is 6.21. The molecule has 4 aromatic heterocycles. The van der Waals surface area contributed by atoms with Gasteiger partial charge in [0.1, 0.15) is 17.2 Å². The van der Waals surface area contributed by atoms with Crippen LogP contribution in [0, 0.1) is 0 Å². The molecule has 3 aromatic carbocycles. The lowest BCUT2D eigenvalue weighted by molar-refractivity contribution is 0.795. The largest absolute Gasteiger partial charge is 0.342 e. The first-order valence-corrected chi connectivity index (χ1v) is 13.0. The molecule has 38 heavy (non-hydrogen) atoms. The van der Waals surface area contributed by atoms with Crippen molar-refractivity contribution in [2.75, 3.05) is 0 Å². The minimum Gasteiger partial charge on any atom is -0.342 e. The van der Waals surface area contributed by atoms with E-state index in [0.29, 0.717) is 5.92 Å². The number of benzene rings is 3. The number of hydrogen-bond donors (Lipinski definition) is 2. The second-order valence-electron chi connectivity index (χ2n) is 10.5. The van der Waals surface area contributed by atoms with Crippen LogP contribution >= 0.6 is 0 Å². The first-order chi connectivity index (χ1) is 18.5. The molecule has 0 aliphatic carbocycles. The molecule has 0 unspecified atom stereocenters. The van der Waals surface area contributed by atoms with E-state index in [1.807, 2.05) is 6.20 Å². The van der Waals surface area contributed by atoms with E-state index in [1.165, 1.54) is 0 Å². The summed E-state index contributed by atoms with van der Waals surface area (Å²) in [5.74, 6) is 2.60. The summed E-state index contributed by atoms with van der Waals surface area (Å²) in [4.78, 5) is 30.7. The van der Waals surface area contributed by atoms with Crippen molar-refractivity contribution in [3.63, 3.8) is 0 Å². The Morgan fingerprint density at radius 1 is 0.632 bits per heavy atom. The van der Waals surface area contributed by atoms with Gasteiger partial charge in [-0.3, -0.25) is 9.97 Å². The van der Waals surface area contributed by atoms with E-state index >= 15 is 0 Å². The molecule has 0 aliphatic rings. The van der Waals surface area contributed by atoms with Gasteiger partial charge in [0.25, 0.3) is 0 Å². The maximum absolute atomic E-state index is 5.01. The third-order valence-electron chi connectivity index (χ3n) is 7.17. The SMILES string of the molecule is CC(C)c1ncc(-c2ccc3nc(-c4ccc5c(c4)c4nccnc4c4[nH]c(C(C)C)nc54)ccc3c2)[nH]1. The summed E-state index contributed by atoms with van der Waals surface area (Å²) in [5.41, 5.74) is 8.59. The van der Waals surface area contributed by atoms with Gasteiger partial charge in [0.05, 0.1) is 39.7 Å². The standard InChI is InChI=1S/C31H27N7/c1-16(2)30-34-15-25(36-30)19-7-10-23-18(13-19)6-9-24(35-23)20-5-8-21-22(14-20)26-28(33-12-11-32-26)29-27(21)37-31(38-29)17(3)4/h5-17H,1-4H3,(H,34,36)(H,37,38). The minimum absolute atomic E-state index is 0.288. The Kier molecular flexibility index (Phi) is 5.01. The zero-order chi connectivity index (χ0) is 26.0. The highest BCUT2D eigenvalue weighted by atomic mass is 14.9. The Balaban J connectivity index is 1.35. The van der Waals surface area contributed by atoms with Gasteiger partial charge >= 0.3 is 0 Å². The molecule has 0 radical (unpaired) electrons. The summed E-state index contributed by atoms with van der Waals surface area (Å²) in [7, 11) is 0. The van der Waals surface area contributed by atoms with Gasteiger partial charge in [-0.25, -0.2) is 15.0 Å². The van der Waals surface area contributed by atoms with Crippen molar-refractivity contribution in [3.05, 3.63) is 78.8 Å². The van der Waals surface area contributed by atoms with Gasteiger partial charge in [0.15, 0.2) is 0 Å². The zero-order valence-electron chi connectivity index (χ0n) is 21.7. The fourth-order valence-electron chi connectivity index (χ4n) is 5.09. The molecule has 0 aliphatic heterocycles. The molecular weight excluding hydrogens is 470 g/mol. The molecule has 7 nitrogen and oxygen atoms in total. The van der Waals surface area contributed by atoms with Crippen LogP contribution in [0.3, 0.4) is 0 Å². The van der Waals surface area contributed by atoms with Gasteiger partial charge in [0.2, 0.25) is 0 Å². The molecule has 0 amide bonds. The summed E-state index contributed by atoms with van der Waals surface area (Å²) in [5, 5.41) is 3.17. The second-order valence-corrected chi connectivity index (χ2v) is 10.5. The lowest BCUT2D eigenvalue weighted by atomic mass is 10.0. The lowest BCUT2D eigenvalue weighted by Crippen LogP contribution is -1.90. The number of fused-ring (bicyclic) bond motifs is 7. The van der Waals surface area contributed by atoms with E-state index in [-0.39, 0.29) is 5.92 Å². The molecule has 186 valence electrons. The first-order valence-electron chi connectivity index (χ1n) is 13.0. The lowest BCUT2D eigenvalue weighted by Gasteiger charge is -2.09. The Hall–Kier alpha value is -4.65. The van der Waals surface area contributed by atoms with Crippen LogP contribution in [-0.4, -0.2) is 34.9 Å². The van der Waals surface area contributed by atoms with E-state index in [1.54, 1.807) is 12.4 Å². The van der Waals surface area contributed by atoms with Gasteiger partial charge in [-0.15, -0.1) is 0 Å². The van der Waals surface area contributed by atoms with Crippen LogP contribution in [0.5, 0.6) is 0 Å². The fraction of sp³-hybridized carbons (Fsp3) is 0.194. The molecule has 4 heterocycles. The molecule has 0 saturated carbocycles. The number of rotatable bonds is 4. The Bertz CT molecular complexity index is 2000. The third-order valence-corrected chi connectivity index (χ3v) is 7.17. The zero-order valence-corrected chi connectivity index (χ0v) is 21.7. The molecule has 7 rings (SSSR count). The van der Waals surface area contributed by atoms with E-state index in [4.69, 9.17) is 15.0 Å². The van der Waals surface area contributed by atoms with Crippen LogP contribution in [-0.2, 0) is 0 Å². The van der Waals surface area contributed by atoms with E-state index in [2.05, 4.69) is 96.2 Å². The Morgan fingerprint density at radius 2 is 1.42 bits per heavy atom. The quantitative estimate of drug-likeness (QED) is 0.245. The van der Waals surface area contributed by atoms with Crippen molar-refractivity contribution in [1.29, 1.82) is 0 Å². The summed E-state index contributed by atoms with van der Waals surface area (Å²) in [6, 6.07) is 17.0. The van der Waals surface area contributed by atoms with E-state index in [9.17, 15) is 0 Å². The van der Waals surface area contributed by atoms with Gasteiger partial charge in [-0.2, -0.15) is 0 Å². The molecule has 7 aromatic rings. The normalized spacial score (nSPS) is 12.2. The van der Waals surface area contributed by atoms with Gasteiger partial charge in [-0.1, -0.05) is 52.0 Å². The van der Waals surface area contributed by atoms with Crippen molar-refractivity contribution in [2.24, 2.45) is 0 Å². The van der Waals surface area contributed by atoms with Crippen LogP contribution in [0.25, 0.3) is 66.3 Å². The topological polar surface area (TPSA) is 96.0 Å². The number of aromatic amines is 2. The van der Waals surface area contributed by atoms with Crippen molar-refractivity contribution in [1.82, 2.24) is 34.9 Å². The number of aromatic nitrogens is 7. The molecular formula is C31H27N7. The summed E-state index contributed by atoms with van der Waals surface area (Å²) in [6.07, 6.45) is 5.39. The highest BCUT2D eigenvalue weighted by Crippen LogP contribution is 2.35.